The Hall–Kier alpha value is 0.0200. The molecule has 1 nitrogen and oxygen atoms in total. The Morgan fingerprint density at radius 2 is 1.88 bits per heavy atom. The quantitative estimate of drug-likeness (QED) is 0.486. The molecule has 1 aliphatic heterocycles. The number of carbonyl (C=O) groups is 1. The molecule has 0 bridgehead atoms. The third-order valence-corrected chi connectivity index (χ3v) is 3.52. The van der Waals surface area contributed by atoms with Crippen LogP contribution in [0.4, 0.5) is 0 Å². The first-order valence-corrected chi connectivity index (χ1v) is 5.15. The molecule has 0 saturated carbocycles. The number of rotatable bonds is 0. The molecular weight excluding hydrogens is 120 g/mol. The molecule has 2 heteroatoms. The highest BCUT2D eigenvalue weighted by Gasteiger charge is 2.10. The van der Waals surface area contributed by atoms with Gasteiger partial charge >= 0.3 is 0 Å². The number of ketones is 1. The highest BCUT2D eigenvalue weighted by Crippen LogP contribution is 2.26. The van der Waals surface area contributed by atoms with Gasteiger partial charge in [-0.2, -0.15) is 0 Å². The van der Waals surface area contributed by atoms with Crippen molar-refractivity contribution >= 4 is 16.7 Å². The topological polar surface area (TPSA) is 17.1 Å². The van der Waals surface area contributed by atoms with Crippen molar-refractivity contribution in [3.8, 4) is 0 Å². The van der Waals surface area contributed by atoms with Crippen molar-refractivity contribution in [2.45, 2.75) is 12.8 Å². The lowest BCUT2D eigenvalue weighted by Crippen LogP contribution is -2.11. The summed E-state index contributed by atoms with van der Waals surface area (Å²) in [7, 11) is 0.261. The van der Waals surface area contributed by atoms with E-state index in [9.17, 15) is 4.79 Å². The van der Waals surface area contributed by atoms with Crippen molar-refractivity contribution < 1.29 is 4.79 Å². The Morgan fingerprint density at radius 1 is 1.38 bits per heavy atom. The maximum atomic E-state index is 10.6. The molecule has 0 aromatic carbocycles. The first kappa shape index (κ1) is 6.14. The zero-order valence-corrected chi connectivity index (χ0v) is 6.08. The lowest BCUT2D eigenvalue weighted by atomic mass is 10.2. The van der Waals surface area contributed by atoms with Gasteiger partial charge in [0.15, 0.2) is 0 Å². The third-order valence-electron chi connectivity index (χ3n) is 1.54. The predicted octanol–water partition coefficient (Wildman–Crippen LogP) is 0.980. The Labute approximate surface area is 52.8 Å². The minimum atomic E-state index is 0.261. The number of carbonyl (C=O) groups excluding carboxylic acids is 1. The maximum absolute atomic E-state index is 10.6. The van der Waals surface area contributed by atoms with Crippen LogP contribution in [0.5, 0.6) is 0 Å². The van der Waals surface area contributed by atoms with E-state index in [1.165, 1.54) is 11.5 Å². The lowest BCUT2D eigenvalue weighted by Gasteiger charge is -2.19. The zero-order valence-electron chi connectivity index (χ0n) is 5.18. The zero-order chi connectivity index (χ0) is 5.98. The molecule has 0 aromatic rings. The molecule has 48 valence electrons. The Bertz CT molecular complexity index is 90.7. The smallest absolute Gasteiger partial charge is 0.134 e. The minimum absolute atomic E-state index is 0.261. The molecule has 0 radical (unpaired) electrons. The van der Waals surface area contributed by atoms with Gasteiger partial charge in [0.25, 0.3) is 0 Å². The van der Waals surface area contributed by atoms with E-state index in [1.54, 1.807) is 0 Å². The van der Waals surface area contributed by atoms with Crippen molar-refractivity contribution in [2.75, 3.05) is 17.8 Å². The van der Waals surface area contributed by atoms with Gasteiger partial charge in [-0.1, -0.05) is 0 Å². The molecule has 0 aliphatic carbocycles. The van der Waals surface area contributed by atoms with E-state index in [2.05, 4.69) is 6.26 Å². The van der Waals surface area contributed by atoms with Gasteiger partial charge in [-0.25, -0.2) is 0 Å². The van der Waals surface area contributed by atoms with Gasteiger partial charge in [-0.15, -0.1) is 0 Å². The monoisotopic (exact) mass is 132 g/mol. The summed E-state index contributed by atoms with van der Waals surface area (Å²) in [5.74, 6) is 2.85. The van der Waals surface area contributed by atoms with E-state index >= 15 is 0 Å². The normalized spacial score (nSPS) is 26.1. The SMILES string of the molecule is C[SH]1CCC(=O)CC1. The predicted molar refractivity (Wildman–Crippen MR) is 38.9 cm³/mol. The summed E-state index contributed by atoms with van der Waals surface area (Å²) in [5.41, 5.74) is 0. The summed E-state index contributed by atoms with van der Waals surface area (Å²) in [5, 5.41) is 0. The van der Waals surface area contributed by atoms with Gasteiger partial charge in [0.05, 0.1) is 0 Å². The molecule has 1 rings (SSSR count). The van der Waals surface area contributed by atoms with Gasteiger partial charge in [0, 0.05) is 12.8 Å². The van der Waals surface area contributed by atoms with Crippen molar-refractivity contribution in [3.05, 3.63) is 0 Å². The van der Waals surface area contributed by atoms with Crippen molar-refractivity contribution in [2.24, 2.45) is 0 Å². The molecule has 8 heavy (non-hydrogen) atoms. The number of hydrogen-bond donors (Lipinski definition) is 1. The second-order valence-electron chi connectivity index (χ2n) is 2.34. The Kier molecular flexibility index (Phi) is 1.95. The number of hydrogen-bond acceptors (Lipinski definition) is 1. The van der Waals surface area contributed by atoms with Crippen LogP contribution in [0.1, 0.15) is 12.8 Å². The van der Waals surface area contributed by atoms with Gasteiger partial charge < -0.3 is 0 Å². The van der Waals surface area contributed by atoms with E-state index in [4.69, 9.17) is 0 Å². The minimum Gasteiger partial charge on any atom is -0.300 e. The molecule has 0 spiro atoms. The largest absolute Gasteiger partial charge is 0.300 e. The van der Waals surface area contributed by atoms with Crippen LogP contribution in [0, 0.1) is 0 Å². The summed E-state index contributed by atoms with van der Waals surface area (Å²) in [6, 6.07) is 0. The summed E-state index contributed by atoms with van der Waals surface area (Å²) in [6.45, 7) is 0. The first-order valence-electron chi connectivity index (χ1n) is 2.99. The van der Waals surface area contributed by atoms with Crippen LogP contribution in [0.15, 0.2) is 0 Å². The van der Waals surface area contributed by atoms with Gasteiger partial charge in [0.1, 0.15) is 5.78 Å². The lowest BCUT2D eigenvalue weighted by molar-refractivity contribution is -0.118. The van der Waals surface area contributed by atoms with Crippen LogP contribution in [0.3, 0.4) is 0 Å². The molecule has 1 fully saturated rings. The fourth-order valence-corrected chi connectivity index (χ4v) is 2.35. The fraction of sp³-hybridized carbons (Fsp3) is 0.833. The number of thiol groups is 1. The summed E-state index contributed by atoms with van der Waals surface area (Å²) in [4.78, 5) is 10.6. The van der Waals surface area contributed by atoms with Crippen molar-refractivity contribution in [1.82, 2.24) is 0 Å². The Morgan fingerprint density at radius 3 is 2.25 bits per heavy atom. The first-order chi connectivity index (χ1) is 3.79. The average molecular weight is 132 g/mol. The van der Waals surface area contributed by atoms with Crippen LogP contribution >= 0.6 is 10.9 Å². The highest BCUT2D eigenvalue weighted by atomic mass is 32.2. The van der Waals surface area contributed by atoms with E-state index in [0.29, 0.717) is 5.78 Å². The average Bonchev–Trinajstić information content (AvgIpc) is 1.77. The van der Waals surface area contributed by atoms with Crippen LogP contribution in [0.2, 0.25) is 0 Å². The molecular formula is C6H12OS. The molecule has 1 heterocycles. The summed E-state index contributed by atoms with van der Waals surface area (Å²) < 4.78 is 0. The van der Waals surface area contributed by atoms with Crippen molar-refractivity contribution in [1.29, 1.82) is 0 Å². The van der Waals surface area contributed by atoms with Crippen LogP contribution in [-0.4, -0.2) is 23.5 Å². The second kappa shape index (κ2) is 2.53. The fourth-order valence-electron chi connectivity index (χ4n) is 0.868. The van der Waals surface area contributed by atoms with Crippen molar-refractivity contribution in [3.63, 3.8) is 0 Å². The highest BCUT2D eigenvalue weighted by molar-refractivity contribution is 8.16. The maximum Gasteiger partial charge on any atom is 0.134 e. The third kappa shape index (κ3) is 1.51. The molecule has 0 unspecified atom stereocenters. The van der Waals surface area contributed by atoms with Gasteiger partial charge in [0.2, 0.25) is 0 Å². The molecule has 1 saturated heterocycles. The van der Waals surface area contributed by atoms with Gasteiger partial charge in [-0.05, 0) is 17.8 Å². The van der Waals surface area contributed by atoms with E-state index in [0.717, 1.165) is 12.8 Å². The van der Waals surface area contributed by atoms with Crippen LogP contribution in [-0.2, 0) is 4.79 Å². The summed E-state index contributed by atoms with van der Waals surface area (Å²) >= 11 is 0. The van der Waals surface area contributed by atoms with Gasteiger partial charge in [-0.3, -0.25) is 15.7 Å². The van der Waals surface area contributed by atoms with Crippen LogP contribution in [0.25, 0.3) is 0 Å². The standard InChI is InChI=1S/C6H12OS/c1-8-4-2-6(7)3-5-8/h8H,2-5H2,1H3. The second-order valence-corrected chi connectivity index (χ2v) is 4.95. The Balaban J connectivity index is 2.29. The van der Waals surface area contributed by atoms with Crippen LogP contribution < -0.4 is 0 Å². The molecule has 0 amide bonds. The van der Waals surface area contributed by atoms with E-state index in [1.807, 2.05) is 0 Å². The molecule has 0 N–H and O–H groups in total. The molecule has 0 aromatic heterocycles. The molecule has 0 atom stereocenters. The van der Waals surface area contributed by atoms with E-state index in [-0.39, 0.29) is 10.9 Å². The van der Waals surface area contributed by atoms with E-state index < -0.39 is 0 Å². The number of Topliss-reactive ketones (excluding diaryl/α,β-unsaturated/α-hetero) is 1. The molecule has 1 aliphatic rings. The summed E-state index contributed by atoms with van der Waals surface area (Å²) in [6.07, 6.45) is 4.01.